The molecule has 1 fully saturated rings. The summed E-state index contributed by atoms with van der Waals surface area (Å²) in [4.78, 5) is 0. The highest BCUT2D eigenvalue weighted by molar-refractivity contribution is 4.94. The molecule has 4 atom stereocenters. The summed E-state index contributed by atoms with van der Waals surface area (Å²) >= 11 is 0. The van der Waals surface area contributed by atoms with Crippen LogP contribution < -0.4 is 5.73 Å². The summed E-state index contributed by atoms with van der Waals surface area (Å²) in [5.74, 6) is 0. The number of aliphatic hydroxyl groups excluding tert-OH is 1. The summed E-state index contributed by atoms with van der Waals surface area (Å²) in [6.45, 7) is 3.60. The van der Waals surface area contributed by atoms with Crippen molar-refractivity contribution in [2.24, 2.45) is 5.73 Å². The molecule has 0 radical (unpaired) electrons. The molecule has 0 aromatic rings. The van der Waals surface area contributed by atoms with Gasteiger partial charge in [-0.05, 0) is 13.8 Å². The van der Waals surface area contributed by atoms with Crippen LogP contribution in [0.2, 0.25) is 0 Å². The molecule has 1 unspecified atom stereocenters. The van der Waals surface area contributed by atoms with Gasteiger partial charge in [0.2, 0.25) is 0 Å². The van der Waals surface area contributed by atoms with Crippen LogP contribution in [0.15, 0.2) is 0 Å². The van der Waals surface area contributed by atoms with Crippen molar-refractivity contribution < 1.29 is 14.6 Å². The summed E-state index contributed by atoms with van der Waals surface area (Å²) in [5.41, 5.74) is 5.25. The van der Waals surface area contributed by atoms with Gasteiger partial charge < -0.3 is 20.3 Å². The van der Waals surface area contributed by atoms with Gasteiger partial charge >= 0.3 is 0 Å². The smallest absolute Gasteiger partial charge is 0.159 e. The van der Waals surface area contributed by atoms with Crippen LogP contribution in [0.1, 0.15) is 20.3 Å². The lowest BCUT2D eigenvalue weighted by Crippen LogP contribution is -2.60. The summed E-state index contributed by atoms with van der Waals surface area (Å²) in [5, 5.41) is 9.61. The first kappa shape index (κ1) is 9.92. The highest BCUT2D eigenvalue weighted by atomic mass is 16.7. The van der Waals surface area contributed by atoms with Crippen molar-refractivity contribution in [3.8, 4) is 0 Å². The van der Waals surface area contributed by atoms with Crippen molar-refractivity contribution in [3.63, 3.8) is 0 Å². The van der Waals surface area contributed by atoms with E-state index in [-0.39, 0.29) is 12.4 Å². The Hall–Kier alpha value is -0.160. The first-order chi connectivity index (χ1) is 5.47. The number of aliphatic hydroxyl groups is 1. The number of methoxy groups -OCH3 is 1. The number of ether oxygens (including phenoxy) is 2. The van der Waals surface area contributed by atoms with E-state index in [1.165, 1.54) is 0 Å². The lowest BCUT2D eigenvalue weighted by Gasteiger charge is -2.42. The lowest BCUT2D eigenvalue weighted by atomic mass is 9.86. The van der Waals surface area contributed by atoms with Crippen LogP contribution in [0, 0.1) is 0 Å². The maximum absolute atomic E-state index is 9.61. The van der Waals surface area contributed by atoms with Gasteiger partial charge in [0, 0.05) is 19.1 Å². The van der Waals surface area contributed by atoms with E-state index in [2.05, 4.69) is 0 Å². The van der Waals surface area contributed by atoms with Crippen LogP contribution in [-0.4, -0.2) is 36.3 Å². The molecule has 3 N–H and O–H groups in total. The van der Waals surface area contributed by atoms with Gasteiger partial charge in [0.15, 0.2) is 6.29 Å². The molecule has 12 heavy (non-hydrogen) atoms. The Kier molecular flexibility index (Phi) is 2.73. The van der Waals surface area contributed by atoms with Crippen LogP contribution in [-0.2, 0) is 9.47 Å². The Bertz CT molecular complexity index is 160. The van der Waals surface area contributed by atoms with Crippen molar-refractivity contribution in [2.45, 2.75) is 44.3 Å². The second-order valence-corrected chi connectivity index (χ2v) is 3.66. The van der Waals surface area contributed by atoms with Gasteiger partial charge in [-0.1, -0.05) is 0 Å². The molecule has 1 aliphatic heterocycles. The molecule has 0 saturated carbocycles. The highest BCUT2D eigenvalue weighted by Gasteiger charge is 2.41. The molecular weight excluding hydrogens is 158 g/mol. The maximum atomic E-state index is 9.61. The van der Waals surface area contributed by atoms with Crippen LogP contribution in [0.3, 0.4) is 0 Å². The van der Waals surface area contributed by atoms with Crippen molar-refractivity contribution >= 4 is 0 Å². The molecule has 1 heterocycles. The average Bonchev–Trinajstić information content (AvgIpc) is 1.99. The van der Waals surface area contributed by atoms with E-state index < -0.39 is 11.6 Å². The van der Waals surface area contributed by atoms with Gasteiger partial charge in [0.25, 0.3) is 0 Å². The van der Waals surface area contributed by atoms with Crippen molar-refractivity contribution in [2.75, 3.05) is 7.11 Å². The molecule has 0 spiro atoms. The fraction of sp³-hybridized carbons (Fsp3) is 1.00. The number of rotatable bonds is 1. The zero-order valence-corrected chi connectivity index (χ0v) is 7.78. The molecule has 0 aliphatic carbocycles. The Morgan fingerprint density at radius 3 is 2.67 bits per heavy atom. The summed E-state index contributed by atoms with van der Waals surface area (Å²) in [6.07, 6.45) is -0.657. The third-order valence-electron chi connectivity index (χ3n) is 2.36. The minimum Gasteiger partial charge on any atom is -0.389 e. The molecule has 1 rings (SSSR count). The fourth-order valence-corrected chi connectivity index (χ4v) is 1.52. The van der Waals surface area contributed by atoms with Crippen molar-refractivity contribution in [1.82, 2.24) is 0 Å². The predicted molar refractivity (Wildman–Crippen MR) is 44.6 cm³/mol. The number of hydrogen-bond acceptors (Lipinski definition) is 4. The Morgan fingerprint density at radius 2 is 2.25 bits per heavy atom. The quantitative estimate of drug-likeness (QED) is 0.581. The summed E-state index contributed by atoms with van der Waals surface area (Å²) in [7, 11) is 1.57. The molecular formula is C8H17NO3. The zero-order valence-electron chi connectivity index (χ0n) is 7.78. The lowest BCUT2D eigenvalue weighted by molar-refractivity contribution is -0.226. The molecule has 0 aromatic heterocycles. The van der Waals surface area contributed by atoms with E-state index in [0.717, 1.165) is 0 Å². The van der Waals surface area contributed by atoms with Gasteiger partial charge in [-0.3, -0.25) is 0 Å². The van der Waals surface area contributed by atoms with E-state index in [4.69, 9.17) is 15.2 Å². The van der Waals surface area contributed by atoms with Crippen molar-refractivity contribution in [3.05, 3.63) is 0 Å². The van der Waals surface area contributed by atoms with E-state index in [9.17, 15) is 5.11 Å². The van der Waals surface area contributed by atoms with Crippen molar-refractivity contribution in [1.29, 1.82) is 0 Å². The number of hydrogen-bond donors (Lipinski definition) is 2. The van der Waals surface area contributed by atoms with Gasteiger partial charge in [0.1, 0.15) is 0 Å². The largest absolute Gasteiger partial charge is 0.389 e. The summed E-state index contributed by atoms with van der Waals surface area (Å²) in [6, 6.07) is 0. The summed E-state index contributed by atoms with van der Waals surface area (Å²) < 4.78 is 10.4. The second-order valence-electron chi connectivity index (χ2n) is 3.66. The SMILES string of the molecule is COC1C[C@](C)(N)[C@H](O)[C@H](C)O1. The third-order valence-corrected chi connectivity index (χ3v) is 2.36. The molecule has 1 aliphatic rings. The Morgan fingerprint density at radius 1 is 1.67 bits per heavy atom. The van der Waals surface area contributed by atoms with E-state index >= 15 is 0 Å². The molecule has 0 bridgehead atoms. The fourth-order valence-electron chi connectivity index (χ4n) is 1.52. The Labute approximate surface area is 72.6 Å². The van der Waals surface area contributed by atoms with E-state index in [1.807, 2.05) is 6.92 Å². The molecule has 0 amide bonds. The standard InChI is InChI=1S/C8H17NO3/c1-5-7(10)8(2,9)4-6(11-3)12-5/h5-7,10H,4,9H2,1-3H3/t5-,6?,7+,8-/m0/s1. The first-order valence-corrected chi connectivity index (χ1v) is 4.12. The van der Waals surface area contributed by atoms with Crippen LogP contribution >= 0.6 is 0 Å². The molecule has 0 aromatic carbocycles. The highest BCUT2D eigenvalue weighted by Crippen LogP contribution is 2.26. The number of nitrogens with two attached hydrogens (primary N) is 1. The minimum atomic E-state index is -0.621. The minimum absolute atomic E-state index is 0.265. The monoisotopic (exact) mass is 175 g/mol. The predicted octanol–water partition coefficient (Wildman–Crippen LogP) is -0.154. The van der Waals surface area contributed by atoms with E-state index in [1.54, 1.807) is 14.0 Å². The molecule has 4 heteroatoms. The molecule has 72 valence electrons. The Balaban J connectivity index is 2.65. The van der Waals surface area contributed by atoms with Gasteiger partial charge in [-0.25, -0.2) is 0 Å². The first-order valence-electron chi connectivity index (χ1n) is 4.12. The second kappa shape index (κ2) is 3.30. The third kappa shape index (κ3) is 1.77. The van der Waals surface area contributed by atoms with E-state index in [0.29, 0.717) is 6.42 Å². The average molecular weight is 175 g/mol. The van der Waals surface area contributed by atoms with Crippen LogP contribution in [0.5, 0.6) is 0 Å². The topological polar surface area (TPSA) is 64.7 Å². The zero-order chi connectivity index (χ0) is 9.35. The molecule has 1 saturated heterocycles. The normalized spacial score (nSPS) is 49.2. The van der Waals surface area contributed by atoms with Gasteiger partial charge in [-0.2, -0.15) is 0 Å². The maximum Gasteiger partial charge on any atom is 0.159 e. The molecule has 4 nitrogen and oxygen atoms in total. The van der Waals surface area contributed by atoms with Gasteiger partial charge in [-0.15, -0.1) is 0 Å². The van der Waals surface area contributed by atoms with Crippen LogP contribution in [0.25, 0.3) is 0 Å². The van der Waals surface area contributed by atoms with Gasteiger partial charge in [0.05, 0.1) is 12.2 Å². The van der Waals surface area contributed by atoms with Crippen LogP contribution in [0.4, 0.5) is 0 Å².